The first-order valence-electron chi connectivity index (χ1n) is 9.34. The van der Waals surface area contributed by atoms with E-state index in [-0.39, 0.29) is 22.6 Å². The maximum absolute atomic E-state index is 12.5. The molecule has 2 aromatic rings. The van der Waals surface area contributed by atoms with Crippen molar-refractivity contribution in [2.24, 2.45) is 0 Å². The molecule has 7 heteroatoms. The van der Waals surface area contributed by atoms with E-state index < -0.39 is 10.0 Å². The molecule has 0 radical (unpaired) electrons. The number of methoxy groups -OCH3 is 1. The lowest BCUT2D eigenvalue weighted by Gasteiger charge is -2.16. The number of benzene rings is 2. The molecule has 0 aliphatic heterocycles. The van der Waals surface area contributed by atoms with Gasteiger partial charge in [-0.3, -0.25) is 4.79 Å². The zero-order valence-corrected chi connectivity index (χ0v) is 18.3. The summed E-state index contributed by atoms with van der Waals surface area (Å²) in [5.41, 5.74) is 2.80. The monoisotopic (exact) mass is 416 g/mol. The molecule has 156 valence electrons. The maximum Gasteiger partial charge on any atom is 0.246 e. The largest absolute Gasteiger partial charge is 0.495 e. The van der Waals surface area contributed by atoms with Gasteiger partial charge >= 0.3 is 0 Å². The number of sulfonamides is 1. The van der Waals surface area contributed by atoms with E-state index in [1.807, 2.05) is 38.1 Å². The highest BCUT2D eigenvalue weighted by atomic mass is 32.2. The number of aryl methyl sites for hydroxylation is 1. The molecular weight excluding hydrogens is 388 g/mol. The van der Waals surface area contributed by atoms with Gasteiger partial charge in [0.2, 0.25) is 15.9 Å². The van der Waals surface area contributed by atoms with Crippen LogP contribution in [0.4, 0.5) is 0 Å². The Morgan fingerprint density at radius 1 is 1.17 bits per heavy atom. The molecule has 29 heavy (non-hydrogen) atoms. The molecule has 0 unspecified atom stereocenters. The number of ether oxygens (including phenoxy) is 1. The molecule has 0 aliphatic carbocycles. The van der Waals surface area contributed by atoms with E-state index in [1.165, 1.54) is 33.3 Å². The third-order valence-corrected chi connectivity index (χ3v) is 6.41. The molecule has 2 rings (SSSR count). The fourth-order valence-corrected chi connectivity index (χ4v) is 3.89. The average Bonchev–Trinajstić information content (AvgIpc) is 2.70. The summed E-state index contributed by atoms with van der Waals surface area (Å²) in [5, 5.41) is 2.98. The van der Waals surface area contributed by atoms with Crippen LogP contribution < -0.4 is 10.1 Å². The highest BCUT2D eigenvalue weighted by Gasteiger charge is 2.22. The summed E-state index contributed by atoms with van der Waals surface area (Å²) < 4.78 is 31.3. The van der Waals surface area contributed by atoms with E-state index in [0.29, 0.717) is 5.56 Å². The van der Waals surface area contributed by atoms with E-state index >= 15 is 0 Å². The minimum atomic E-state index is -3.67. The van der Waals surface area contributed by atoms with Crippen molar-refractivity contribution in [1.82, 2.24) is 9.62 Å². The van der Waals surface area contributed by atoms with Gasteiger partial charge in [-0.05, 0) is 42.7 Å². The molecule has 0 bridgehead atoms. The van der Waals surface area contributed by atoms with Crippen LogP contribution in [0.5, 0.6) is 5.75 Å². The standard InChI is InChI=1S/C22H28N2O4S/c1-6-19(18-11-7-16(2)8-12-18)23-22(25)14-10-17-9-13-20(28-5)21(15-17)29(26,27)24(3)4/h7-15,19H,6H2,1-5H3,(H,23,25)/b14-10+/t19-/m0/s1. The van der Waals surface area contributed by atoms with E-state index in [2.05, 4.69) is 5.32 Å². The lowest BCUT2D eigenvalue weighted by Crippen LogP contribution is -2.26. The molecule has 0 fully saturated rings. The van der Waals surface area contributed by atoms with Gasteiger partial charge < -0.3 is 10.1 Å². The first kappa shape index (κ1) is 22.6. The van der Waals surface area contributed by atoms with Crippen molar-refractivity contribution in [3.05, 3.63) is 65.2 Å². The van der Waals surface area contributed by atoms with Crippen LogP contribution in [0, 0.1) is 6.92 Å². The maximum atomic E-state index is 12.5. The van der Waals surface area contributed by atoms with Gasteiger partial charge in [-0.2, -0.15) is 0 Å². The number of rotatable bonds is 8. The van der Waals surface area contributed by atoms with Crippen molar-refractivity contribution in [3.63, 3.8) is 0 Å². The Hall–Kier alpha value is -2.64. The van der Waals surface area contributed by atoms with Crippen molar-refractivity contribution < 1.29 is 17.9 Å². The summed E-state index contributed by atoms with van der Waals surface area (Å²) in [6, 6.07) is 12.7. The molecule has 1 N–H and O–H groups in total. The number of carbonyl (C=O) groups is 1. The number of nitrogens with zero attached hydrogens (tertiary/aromatic N) is 1. The van der Waals surface area contributed by atoms with Gasteiger partial charge in [0.1, 0.15) is 10.6 Å². The van der Waals surface area contributed by atoms with Crippen molar-refractivity contribution in [2.75, 3.05) is 21.2 Å². The summed E-state index contributed by atoms with van der Waals surface area (Å²) in [6.07, 6.45) is 3.76. The van der Waals surface area contributed by atoms with Crippen LogP contribution in [-0.4, -0.2) is 39.8 Å². The summed E-state index contributed by atoms with van der Waals surface area (Å²) in [4.78, 5) is 12.4. The van der Waals surface area contributed by atoms with Gasteiger partial charge in [0.05, 0.1) is 13.2 Å². The fraction of sp³-hybridized carbons (Fsp3) is 0.318. The van der Waals surface area contributed by atoms with E-state index in [1.54, 1.807) is 18.2 Å². The second kappa shape index (κ2) is 9.71. The number of amides is 1. The Kier molecular flexibility index (Phi) is 7.59. The van der Waals surface area contributed by atoms with Crippen molar-refractivity contribution in [2.45, 2.75) is 31.2 Å². The topological polar surface area (TPSA) is 75.7 Å². The van der Waals surface area contributed by atoms with Crippen LogP contribution in [0.1, 0.15) is 36.1 Å². The van der Waals surface area contributed by atoms with Gasteiger partial charge in [-0.1, -0.05) is 42.8 Å². The molecular formula is C22H28N2O4S. The summed E-state index contributed by atoms with van der Waals surface area (Å²) in [6.45, 7) is 4.03. The molecule has 0 spiro atoms. The predicted octanol–water partition coefficient (Wildman–Crippen LogP) is 3.53. The Balaban J connectivity index is 2.20. The minimum absolute atomic E-state index is 0.0543. The Morgan fingerprint density at radius 3 is 2.38 bits per heavy atom. The van der Waals surface area contributed by atoms with Crippen molar-refractivity contribution in [3.8, 4) is 5.75 Å². The molecule has 1 atom stereocenters. The lowest BCUT2D eigenvalue weighted by molar-refractivity contribution is -0.117. The summed E-state index contributed by atoms with van der Waals surface area (Å²) in [7, 11) is 0.668. The van der Waals surface area contributed by atoms with Crippen molar-refractivity contribution >= 4 is 22.0 Å². The first-order valence-corrected chi connectivity index (χ1v) is 10.8. The first-order chi connectivity index (χ1) is 13.7. The normalized spacial score (nSPS) is 12.9. The molecule has 0 aliphatic rings. The van der Waals surface area contributed by atoms with Gasteiger partial charge in [0.25, 0.3) is 0 Å². The molecule has 1 amide bonds. The van der Waals surface area contributed by atoms with Crippen LogP contribution in [0.15, 0.2) is 53.4 Å². The Bertz CT molecular complexity index is 980. The molecule has 6 nitrogen and oxygen atoms in total. The van der Waals surface area contributed by atoms with E-state index in [0.717, 1.165) is 21.9 Å². The minimum Gasteiger partial charge on any atom is -0.495 e. The van der Waals surface area contributed by atoms with E-state index in [4.69, 9.17) is 4.74 Å². The number of hydrogen-bond donors (Lipinski definition) is 1. The fourth-order valence-electron chi connectivity index (χ4n) is 2.81. The third kappa shape index (κ3) is 5.68. The molecule has 0 heterocycles. The second-order valence-corrected chi connectivity index (χ2v) is 9.03. The zero-order valence-electron chi connectivity index (χ0n) is 17.5. The number of hydrogen-bond acceptors (Lipinski definition) is 4. The Morgan fingerprint density at radius 2 is 1.83 bits per heavy atom. The third-order valence-electron chi connectivity index (χ3n) is 4.58. The average molecular weight is 417 g/mol. The Labute approximate surface area is 173 Å². The quantitative estimate of drug-likeness (QED) is 0.668. The van der Waals surface area contributed by atoms with Crippen LogP contribution >= 0.6 is 0 Å². The predicted molar refractivity (Wildman–Crippen MR) is 115 cm³/mol. The van der Waals surface area contributed by atoms with Gasteiger partial charge in [-0.15, -0.1) is 0 Å². The van der Waals surface area contributed by atoms with E-state index in [9.17, 15) is 13.2 Å². The summed E-state index contributed by atoms with van der Waals surface area (Å²) in [5.74, 6) is 0.0102. The SMILES string of the molecule is CC[C@H](NC(=O)/C=C/c1ccc(OC)c(S(=O)(=O)N(C)C)c1)c1ccc(C)cc1. The summed E-state index contributed by atoms with van der Waals surface area (Å²) >= 11 is 0. The van der Waals surface area contributed by atoms with Crippen LogP contribution in [0.25, 0.3) is 6.08 Å². The molecule has 0 saturated heterocycles. The lowest BCUT2D eigenvalue weighted by atomic mass is 10.0. The second-order valence-electron chi connectivity index (χ2n) is 6.91. The van der Waals surface area contributed by atoms with Crippen molar-refractivity contribution in [1.29, 1.82) is 0 Å². The zero-order chi connectivity index (χ0) is 21.6. The smallest absolute Gasteiger partial charge is 0.246 e. The van der Waals surface area contributed by atoms with Crippen LogP contribution in [0.3, 0.4) is 0 Å². The molecule has 2 aromatic carbocycles. The van der Waals surface area contributed by atoms with Gasteiger partial charge in [0.15, 0.2) is 0 Å². The number of nitrogens with one attached hydrogen (secondary N) is 1. The highest BCUT2D eigenvalue weighted by Crippen LogP contribution is 2.27. The van der Waals surface area contributed by atoms with Gasteiger partial charge in [-0.25, -0.2) is 12.7 Å². The van der Waals surface area contributed by atoms with Gasteiger partial charge in [0, 0.05) is 20.2 Å². The molecule has 0 aromatic heterocycles. The molecule has 0 saturated carbocycles. The van der Waals surface area contributed by atoms with Crippen LogP contribution in [0.2, 0.25) is 0 Å². The highest BCUT2D eigenvalue weighted by molar-refractivity contribution is 7.89. The van der Waals surface area contributed by atoms with Crippen LogP contribution in [-0.2, 0) is 14.8 Å². The number of carbonyl (C=O) groups excluding carboxylic acids is 1.